The van der Waals surface area contributed by atoms with Gasteiger partial charge in [-0.25, -0.2) is 0 Å². The minimum absolute atomic E-state index is 0.201. The molecule has 3 rings (SSSR count). The SMILES string of the molecule is Cc1ccc(OCCOc2ccc(C3(C)SCCS3)cc2)cc1. The zero-order valence-corrected chi connectivity index (χ0v) is 15.2. The minimum Gasteiger partial charge on any atom is -0.490 e. The highest BCUT2D eigenvalue weighted by Gasteiger charge is 2.32. The van der Waals surface area contributed by atoms with Crippen LogP contribution in [0.15, 0.2) is 48.5 Å². The van der Waals surface area contributed by atoms with Crippen LogP contribution in [0.3, 0.4) is 0 Å². The summed E-state index contributed by atoms with van der Waals surface area (Å²) in [4.78, 5) is 0. The predicted molar refractivity (Wildman–Crippen MR) is 101 cm³/mol. The van der Waals surface area contributed by atoms with E-state index in [1.54, 1.807) is 0 Å². The molecule has 0 amide bonds. The quantitative estimate of drug-likeness (QED) is 0.677. The lowest BCUT2D eigenvalue weighted by Crippen LogP contribution is -2.10. The van der Waals surface area contributed by atoms with Gasteiger partial charge in [-0.05, 0) is 43.7 Å². The third-order valence-corrected chi connectivity index (χ3v) is 7.21. The molecule has 0 radical (unpaired) electrons. The van der Waals surface area contributed by atoms with E-state index < -0.39 is 0 Å². The molecule has 122 valence electrons. The monoisotopic (exact) mass is 346 g/mol. The molecule has 0 unspecified atom stereocenters. The zero-order chi connectivity index (χ0) is 16.1. The van der Waals surface area contributed by atoms with Gasteiger partial charge in [-0.3, -0.25) is 0 Å². The van der Waals surface area contributed by atoms with E-state index >= 15 is 0 Å². The van der Waals surface area contributed by atoms with Crippen LogP contribution in [0, 0.1) is 6.92 Å². The van der Waals surface area contributed by atoms with Crippen molar-refractivity contribution in [3.8, 4) is 11.5 Å². The Labute approximate surface area is 147 Å². The summed E-state index contributed by atoms with van der Waals surface area (Å²) in [6, 6.07) is 16.6. The molecular formula is C19H22O2S2. The fourth-order valence-corrected chi connectivity index (χ4v) is 5.37. The molecule has 1 aliphatic rings. The fourth-order valence-electron chi connectivity index (χ4n) is 2.49. The molecule has 1 aliphatic heterocycles. The molecule has 23 heavy (non-hydrogen) atoms. The van der Waals surface area contributed by atoms with Gasteiger partial charge in [0.25, 0.3) is 0 Å². The summed E-state index contributed by atoms with van der Waals surface area (Å²) < 4.78 is 11.6. The molecule has 2 aromatic rings. The predicted octanol–water partition coefficient (Wildman–Crippen LogP) is 5.11. The van der Waals surface area contributed by atoms with Crippen molar-refractivity contribution in [2.75, 3.05) is 24.7 Å². The molecule has 0 atom stereocenters. The first-order chi connectivity index (χ1) is 11.2. The summed E-state index contributed by atoms with van der Waals surface area (Å²) in [5.74, 6) is 4.25. The fraction of sp³-hybridized carbons (Fsp3) is 0.368. The van der Waals surface area contributed by atoms with Crippen LogP contribution in [0.4, 0.5) is 0 Å². The van der Waals surface area contributed by atoms with Crippen molar-refractivity contribution in [1.82, 2.24) is 0 Å². The van der Waals surface area contributed by atoms with E-state index in [0.29, 0.717) is 13.2 Å². The normalized spacial score (nSPS) is 16.3. The van der Waals surface area contributed by atoms with Crippen molar-refractivity contribution >= 4 is 23.5 Å². The zero-order valence-electron chi connectivity index (χ0n) is 13.6. The molecule has 1 saturated heterocycles. The topological polar surface area (TPSA) is 18.5 Å². The number of aryl methyl sites for hydroxylation is 1. The molecule has 0 saturated carbocycles. The van der Waals surface area contributed by atoms with Gasteiger partial charge >= 0.3 is 0 Å². The van der Waals surface area contributed by atoms with Crippen molar-refractivity contribution in [1.29, 1.82) is 0 Å². The highest BCUT2D eigenvalue weighted by Crippen LogP contribution is 2.51. The molecule has 1 heterocycles. The van der Waals surface area contributed by atoms with Gasteiger partial charge in [-0.2, -0.15) is 0 Å². The van der Waals surface area contributed by atoms with Gasteiger partial charge in [0.2, 0.25) is 0 Å². The van der Waals surface area contributed by atoms with E-state index in [0.717, 1.165) is 11.5 Å². The Morgan fingerprint density at radius 1 is 0.826 bits per heavy atom. The van der Waals surface area contributed by atoms with Gasteiger partial charge in [0.05, 0.1) is 4.08 Å². The molecule has 0 bridgehead atoms. The Balaban J connectivity index is 1.46. The Morgan fingerprint density at radius 2 is 1.30 bits per heavy atom. The Bertz CT molecular complexity index is 617. The standard InChI is InChI=1S/C19H22O2S2/c1-15-3-7-17(8-4-15)20-11-12-21-18-9-5-16(6-10-18)19(2)22-13-14-23-19/h3-10H,11-14H2,1-2H3. The van der Waals surface area contributed by atoms with E-state index in [1.807, 2.05) is 35.7 Å². The second-order valence-corrected chi connectivity index (χ2v) is 8.96. The first-order valence-electron chi connectivity index (χ1n) is 7.86. The Kier molecular flexibility index (Phi) is 5.44. The molecule has 2 nitrogen and oxygen atoms in total. The van der Waals surface area contributed by atoms with Crippen molar-refractivity contribution < 1.29 is 9.47 Å². The number of benzene rings is 2. The van der Waals surface area contributed by atoms with Gasteiger partial charge in [0.15, 0.2) is 0 Å². The highest BCUT2D eigenvalue weighted by molar-refractivity contribution is 8.20. The van der Waals surface area contributed by atoms with E-state index in [4.69, 9.17) is 9.47 Å². The average Bonchev–Trinajstić information content (AvgIpc) is 3.02. The van der Waals surface area contributed by atoms with Crippen LogP contribution in [-0.4, -0.2) is 24.7 Å². The summed E-state index contributed by atoms with van der Waals surface area (Å²) in [5.41, 5.74) is 2.61. The summed E-state index contributed by atoms with van der Waals surface area (Å²) in [5, 5.41) is 0. The minimum atomic E-state index is 0.201. The first kappa shape index (κ1) is 16.6. The second kappa shape index (κ2) is 7.54. The van der Waals surface area contributed by atoms with E-state index in [2.05, 4.69) is 50.2 Å². The van der Waals surface area contributed by atoms with Crippen LogP contribution in [0.25, 0.3) is 0 Å². The third-order valence-electron chi connectivity index (χ3n) is 3.86. The van der Waals surface area contributed by atoms with Crippen LogP contribution in [-0.2, 0) is 4.08 Å². The number of thioether (sulfide) groups is 2. The maximum Gasteiger partial charge on any atom is 0.122 e. The maximum absolute atomic E-state index is 5.76. The number of ether oxygens (including phenoxy) is 2. The number of rotatable bonds is 6. The molecule has 0 N–H and O–H groups in total. The summed E-state index contributed by atoms with van der Waals surface area (Å²) >= 11 is 4.05. The first-order valence-corrected chi connectivity index (χ1v) is 9.84. The van der Waals surface area contributed by atoms with Gasteiger partial charge in [0, 0.05) is 11.5 Å². The lowest BCUT2D eigenvalue weighted by atomic mass is 10.1. The van der Waals surface area contributed by atoms with Crippen molar-refractivity contribution in [3.05, 3.63) is 59.7 Å². The molecule has 2 aromatic carbocycles. The summed E-state index contributed by atoms with van der Waals surface area (Å²) in [7, 11) is 0. The molecular weight excluding hydrogens is 324 g/mol. The van der Waals surface area contributed by atoms with Crippen LogP contribution in [0.1, 0.15) is 18.1 Å². The molecule has 0 spiro atoms. The molecule has 0 aromatic heterocycles. The maximum atomic E-state index is 5.76. The lowest BCUT2D eigenvalue weighted by molar-refractivity contribution is 0.217. The van der Waals surface area contributed by atoms with Crippen molar-refractivity contribution in [2.45, 2.75) is 17.9 Å². The number of hydrogen-bond donors (Lipinski definition) is 0. The Morgan fingerprint density at radius 3 is 1.83 bits per heavy atom. The largest absolute Gasteiger partial charge is 0.490 e. The van der Waals surface area contributed by atoms with Crippen molar-refractivity contribution in [2.24, 2.45) is 0 Å². The van der Waals surface area contributed by atoms with Crippen LogP contribution in [0.5, 0.6) is 11.5 Å². The third kappa shape index (κ3) is 4.39. The van der Waals surface area contributed by atoms with Crippen LogP contribution < -0.4 is 9.47 Å². The van der Waals surface area contributed by atoms with Gasteiger partial charge in [-0.1, -0.05) is 29.8 Å². The van der Waals surface area contributed by atoms with Gasteiger partial charge in [-0.15, -0.1) is 23.5 Å². The van der Waals surface area contributed by atoms with Gasteiger partial charge < -0.3 is 9.47 Å². The van der Waals surface area contributed by atoms with Gasteiger partial charge in [0.1, 0.15) is 24.7 Å². The van der Waals surface area contributed by atoms with E-state index in [9.17, 15) is 0 Å². The number of hydrogen-bond acceptors (Lipinski definition) is 4. The van der Waals surface area contributed by atoms with Crippen molar-refractivity contribution in [3.63, 3.8) is 0 Å². The highest BCUT2D eigenvalue weighted by atomic mass is 32.2. The molecule has 0 aliphatic carbocycles. The Hall–Kier alpha value is -1.26. The molecule has 1 fully saturated rings. The second-order valence-electron chi connectivity index (χ2n) is 5.68. The van der Waals surface area contributed by atoms with Crippen LogP contribution >= 0.6 is 23.5 Å². The summed E-state index contributed by atoms with van der Waals surface area (Å²) in [6.45, 7) is 5.47. The van der Waals surface area contributed by atoms with E-state index in [1.165, 1.54) is 22.6 Å². The average molecular weight is 347 g/mol. The van der Waals surface area contributed by atoms with Crippen LogP contribution in [0.2, 0.25) is 0 Å². The summed E-state index contributed by atoms with van der Waals surface area (Å²) in [6.07, 6.45) is 0. The molecule has 4 heteroatoms. The smallest absolute Gasteiger partial charge is 0.122 e. The van der Waals surface area contributed by atoms with E-state index in [-0.39, 0.29) is 4.08 Å². The lowest BCUT2D eigenvalue weighted by Gasteiger charge is -2.22.